The summed E-state index contributed by atoms with van der Waals surface area (Å²) in [6, 6.07) is 0.177. The Hall–Kier alpha value is -0.610. The number of carbonyl (C=O) groups is 1. The van der Waals surface area contributed by atoms with Crippen molar-refractivity contribution in [1.29, 1.82) is 0 Å². The van der Waals surface area contributed by atoms with Crippen molar-refractivity contribution >= 4 is 5.91 Å². The maximum absolute atomic E-state index is 12.2. The Kier molecular flexibility index (Phi) is 3.26. The summed E-state index contributed by atoms with van der Waals surface area (Å²) in [4.78, 5) is 14.1. The van der Waals surface area contributed by atoms with Gasteiger partial charge < -0.3 is 15.4 Å². The van der Waals surface area contributed by atoms with E-state index in [1.54, 1.807) is 0 Å². The predicted molar refractivity (Wildman–Crippen MR) is 57.3 cm³/mol. The highest BCUT2D eigenvalue weighted by atomic mass is 16.5. The highest BCUT2D eigenvalue weighted by Gasteiger charge is 2.37. The van der Waals surface area contributed by atoms with E-state index in [0.717, 1.165) is 39.0 Å². The lowest BCUT2D eigenvalue weighted by molar-refractivity contribution is -0.136. The summed E-state index contributed by atoms with van der Waals surface area (Å²) in [7, 11) is 0. The lowest BCUT2D eigenvalue weighted by Crippen LogP contribution is -2.39. The smallest absolute Gasteiger partial charge is 0.228 e. The molecule has 2 heterocycles. The topological polar surface area (TPSA) is 55.6 Å². The van der Waals surface area contributed by atoms with Gasteiger partial charge in [0.15, 0.2) is 0 Å². The molecule has 4 nitrogen and oxygen atoms in total. The van der Waals surface area contributed by atoms with E-state index in [-0.39, 0.29) is 24.0 Å². The van der Waals surface area contributed by atoms with E-state index >= 15 is 0 Å². The number of rotatable bonds is 2. The second-order valence-corrected chi connectivity index (χ2v) is 4.55. The summed E-state index contributed by atoms with van der Waals surface area (Å²) in [6.45, 7) is 4.36. The molecule has 0 radical (unpaired) electrons. The molecule has 2 saturated heterocycles. The molecular formula is C11H20N2O2. The number of ether oxygens (including phenoxy) is 1. The third-order valence-corrected chi connectivity index (χ3v) is 3.47. The SMILES string of the molecule is CCC1OCCC1C(=O)N1CC[C@H](N)C1. The molecular weight excluding hydrogens is 192 g/mol. The second kappa shape index (κ2) is 4.49. The van der Waals surface area contributed by atoms with E-state index in [1.165, 1.54) is 0 Å². The van der Waals surface area contributed by atoms with Crippen LogP contribution in [0.25, 0.3) is 0 Å². The van der Waals surface area contributed by atoms with Crippen molar-refractivity contribution in [2.24, 2.45) is 11.7 Å². The Balaban J connectivity index is 1.95. The van der Waals surface area contributed by atoms with Gasteiger partial charge in [0, 0.05) is 25.7 Å². The Morgan fingerprint density at radius 1 is 1.53 bits per heavy atom. The zero-order valence-electron chi connectivity index (χ0n) is 9.32. The highest BCUT2D eigenvalue weighted by molar-refractivity contribution is 5.80. The van der Waals surface area contributed by atoms with Gasteiger partial charge in [-0.1, -0.05) is 6.92 Å². The van der Waals surface area contributed by atoms with Gasteiger partial charge in [-0.05, 0) is 19.3 Å². The molecule has 2 N–H and O–H groups in total. The molecule has 2 aliphatic heterocycles. The fourth-order valence-electron chi connectivity index (χ4n) is 2.56. The van der Waals surface area contributed by atoms with Crippen LogP contribution in [0.4, 0.5) is 0 Å². The van der Waals surface area contributed by atoms with Crippen LogP contribution in [0.15, 0.2) is 0 Å². The number of hydrogen-bond acceptors (Lipinski definition) is 3. The molecule has 0 aromatic heterocycles. The summed E-state index contributed by atoms with van der Waals surface area (Å²) in [6.07, 6.45) is 2.88. The van der Waals surface area contributed by atoms with Crippen LogP contribution in [0.2, 0.25) is 0 Å². The van der Waals surface area contributed by atoms with Gasteiger partial charge in [-0.3, -0.25) is 4.79 Å². The zero-order chi connectivity index (χ0) is 10.8. The van der Waals surface area contributed by atoms with Gasteiger partial charge in [0.2, 0.25) is 5.91 Å². The molecule has 0 aliphatic carbocycles. The minimum absolute atomic E-state index is 0.0836. The highest BCUT2D eigenvalue weighted by Crippen LogP contribution is 2.26. The lowest BCUT2D eigenvalue weighted by Gasteiger charge is -2.23. The van der Waals surface area contributed by atoms with Crippen molar-refractivity contribution < 1.29 is 9.53 Å². The summed E-state index contributed by atoms with van der Waals surface area (Å²) >= 11 is 0. The molecule has 15 heavy (non-hydrogen) atoms. The predicted octanol–water partition coefficient (Wildman–Crippen LogP) is 0.361. The van der Waals surface area contributed by atoms with Crippen molar-refractivity contribution in [1.82, 2.24) is 4.90 Å². The number of nitrogens with two attached hydrogens (primary N) is 1. The standard InChI is InChI=1S/C11H20N2O2/c1-2-10-9(4-6-15-10)11(14)13-5-3-8(12)7-13/h8-10H,2-7,12H2,1H3/t8-,9?,10?/m0/s1. The van der Waals surface area contributed by atoms with E-state index in [1.807, 2.05) is 4.90 Å². The first-order valence-corrected chi connectivity index (χ1v) is 5.88. The summed E-state index contributed by atoms with van der Waals surface area (Å²) in [5, 5.41) is 0. The molecule has 2 aliphatic rings. The van der Waals surface area contributed by atoms with Gasteiger partial charge in [0.1, 0.15) is 0 Å². The van der Waals surface area contributed by atoms with E-state index in [9.17, 15) is 4.79 Å². The molecule has 2 unspecified atom stereocenters. The Labute approximate surface area is 90.8 Å². The van der Waals surface area contributed by atoms with E-state index in [2.05, 4.69) is 6.92 Å². The molecule has 4 heteroatoms. The average Bonchev–Trinajstić information content (AvgIpc) is 2.84. The van der Waals surface area contributed by atoms with Crippen molar-refractivity contribution in [2.75, 3.05) is 19.7 Å². The zero-order valence-corrected chi connectivity index (χ0v) is 9.32. The number of hydrogen-bond donors (Lipinski definition) is 1. The normalized spacial score (nSPS) is 36.1. The third kappa shape index (κ3) is 2.16. The first-order chi connectivity index (χ1) is 7.22. The minimum Gasteiger partial charge on any atom is -0.377 e. The summed E-state index contributed by atoms with van der Waals surface area (Å²) in [5.41, 5.74) is 5.80. The van der Waals surface area contributed by atoms with E-state index < -0.39 is 0 Å². The van der Waals surface area contributed by atoms with Gasteiger partial charge in [0.25, 0.3) is 0 Å². The molecule has 0 bridgehead atoms. The Morgan fingerprint density at radius 3 is 2.93 bits per heavy atom. The fraction of sp³-hybridized carbons (Fsp3) is 0.909. The van der Waals surface area contributed by atoms with Crippen LogP contribution in [-0.2, 0) is 9.53 Å². The van der Waals surface area contributed by atoms with Gasteiger partial charge in [-0.15, -0.1) is 0 Å². The first kappa shape index (κ1) is 10.9. The van der Waals surface area contributed by atoms with Crippen LogP contribution in [0.1, 0.15) is 26.2 Å². The van der Waals surface area contributed by atoms with Crippen molar-refractivity contribution in [3.63, 3.8) is 0 Å². The molecule has 2 rings (SSSR count). The molecule has 0 saturated carbocycles. The Morgan fingerprint density at radius 2 is 2.33 bits per heavy atom. The van der Waals surface area contributed by atoms with Crippen molar-refractivity contribution in [3.8, 4) is 0 Å². The monoisotopic (exact) mass is 212 g/mol. The first-order valence-electron chi connectivity index (χ1n) is 5.88. The van der Waals surface area contributed by atoms with Gasteiger partial charge in [-0.25, -0.2) is 0 Å². The quantitative estimate of drug-likeness (QED) is 0.719. The Bertz CT molecular complexity index is 245. The number of likely N-dealkylation sites (tertiary alicyclic amines) is 1. The molecule has 3 atom stereocenters. The van der Waals surface area contributed by atoms with Crippen LogP contribution in [0.5, 0.6) is 0 Å². The average molecular weight is 212 g/mol. The lowest BCUT2D eigenvalue weighted by atomic mass is 9.98. The fourth-order valence-corrected chi connectivity index (χ4v) is 2.56. The molecule has 2 fully saturated rings. The second-order valence-electron chi connectivity index (χ2n) is 4.55. The van der Waals surface area contributed by atoms with Gasteiger partial charge in [-0.2, -0.15) is 0 Å². The molecule has 0 aromatic rings. The maximum atomic E-state index is 12.2. The maximum Gasteiger partial charge on any atom is 0.228 e. The third-order valence-electron chi connectivity index (χ3n) is 3.47. The summed E-state index contributed by atoms with van der Waals surface area (Å²) < 4.78 is 5.54. The van der Waals surface area contributed by atoms with Crippen LogP contribution in [0.3, 0.4) is 0 Å². The number of amides is 1. The van der Waals surface area contributed by atoms with Crippen LogP contribution in [0, 0.1) is 5.92 Å². The van der Waals surface area contributed by atoms with E-state index in [4.69, 9.17) is 10.5 Å². The molecule has 0 aromatic carbocycles. The number of nitrogens with zero attached hydrogens (tertiary/aromatic N) is 1. The van der Waals surface area contributed by atoms with Crippen LogP contribution in [-0.4, -0.2) is 42.6 Å². The van der Waals surface area contributed by atoms with Crippen molar-refractivity contribution in [3.05, 3.63) is 0 Å². The van der Waals surface area contributed by atoms with Crippen molar-refractivity contribution in [2.45, 2.75) is 38.3 Å². The molecule has 0 spiro atoms. The van der Waals surface area contributed by atoms with E-state index in [0.29, 0.717) is 0 Å². The minimum atomic E-state index is 0.0836. The van der Waals surface area contributed by atoms with Crippen LogP contribution >= 0.6 is 0 Å². The largest absolute Gasteiger partial charge is 0.377 e. The van der Waals surface area contributed by atoms with Gasteiger partial charge in [0.05, 0.1) is 12.0 Å². The summed E-state index contributed by atoms with van der Waals surface area (Å²) in [5.74, 6) is 0.340. The molecule has 1 amide bonds. The number of carbonyl (C=O) groups excluding carboxylic acids is 1. The van der Waals surface area contributed by atoms with Crippen LogP contribution < -0.4 is 5.73 Å². The van der Waals surface area contributed by atoms with Gasteiger partial charge >= 0.3 is 0 Å². The molecule has 86 valence electrons.